The normalized spacial score (nSPS) is 16.4. The molecule has 1 saturated heterocycles. The van der Waals surface area contributed by atoms with Crippen LogP contribution < -0.4 is 4.90 Å². The minimum Gasteiger partial charge on any atom is -0.444 e. The molecule has 2 rings (SSSR count). The van der Waals surface area contributed by atoms with E-state index < -0.39 is 5.60 Å². The van der Waals surface area contributed by atoms with E-state index in [0.29, 0.717) is 29.7 Å². The summed E-state index contributed by atoms with van der Waals surface area (Å²) in [6.45, 7) is 8.46. The average molecular weight is 345 g/mol. The number of hydrogen-bond acceptors (Lipinski definition) is 3. The molecule has 1 aromatic carbocycles. The molecule has 22 heavy (non-hydrogen) atoms. The molecule has 0 radical (unpaired) electrons. The van der Waals surface area contributed by atoms with Gasteiger partial charge in [0.1, 0.15) is 5.60 Å². The lowest BCUT2D eigenvalue weighted by molar-refractivity contribution is 0.0263. The van der Waals surface area contributed by atoms with Gasteiger partial charge in [0.05, 0.1) is 15.7 Å². The predicted octanol–water partition coefficient (Wildman–Crippen LogP) is 4.44. The van der Waals surface area contributed by atoms with Crippen LogP contribution in [0.2, 0.25) is 10.0 Å². The summed E-state index contributed by atoms with van der Waals surface area (Å²) in [5.74, 6) is 0. The molecule has 6 heteroatoms. The molecule has 1 heterocycles. The molecule has 1 amide bonds. The molecule has 0 aromatic heterocycles. The van der Waals surface area contributed by atoms with Gasteiger partial charge in [0.2, 0.25) is 0 Å². The van der Waals surface area contributed by atoms with E-state index in [1.165, 1.54) is 0 Å². The molecule has 122 valence electrons. The van der Waals surface area contributed by atoms with Crippen molar-refractivity contribution in [1.29, 1.82) is 0 Å². The molecular formula is C16H22Cl2N2O2. The van der Waals surface area contributed by atoms with Crippen LogP contribution in [0.1, 0.15) is 27.2 Å². The Balaban J connectivity index is 2.04. The third-order valence-corrected chi connectivity index (χ3v) is 4.23. The highest BCUT2D eigenvalue weighted by Gasteiger charge is 2.25. The first-order valence-corrected chi connectivity index (χ1v) is 8.20. The van der Waals surface area contributed by atoms with Gasteiger partial charge >= 0.3 is 6.09 Å². The fourth-order valence-corrected chi connectivity index (χ4v) is 2.82. The maximum Gasteiger partial charge on any atom is 0.410 e. The van der Waals surface area contributed by atoms with Crippen molar-refractivity contribution in [1.82, 2.24) is 4.90 Å². The Hall–Kier alpha value is -1.13. The second kappa shape index (κ2) is 6.97. The highest BCUT2D eigenvalue weighted by atomic mass is 35.5. The molecule has 4 nitrogen and oxygen atoms in total. The fraction of sp³-hybridized carbons (Fsp3) is 0.562. The minimum absolute atomic E-state index is 0.258. The van der Waals surface area contributed by atoms with Crippen LogP contribution in [0.25, 0.3) is 0 Å². The Morgan fingerprint density at radius 1 is 1.14 bits per heavy atom. The van der Waals surface area contributed by atoms with E-state index in [9.17, 15) is 4.79 Å². The first kappa shape index (κ1) is 17.2. The Kier molecular flexibility index (Phi) is 5.45. The second-order valence-corrected chi connectivity index (χ2v) is 7.17. The maximum atomic E-state index is 12.2. The summed E-state index contributed by atoms with van der Waals surface area (Å²) in [5, 5.41) is 1.11. The zero-order chi connectivity index (χ0) is 16.3. The van der Waals surface area contributed by atoms with Crippen LogP contribution in [0.15, 0.2) is 18.2 Å². The van der Waals surface area contributed by atoms with Crippen molar-refractivity contribution in [3.63, 3.8) is 0 Å². The van der Waals surface area contributed by atoms with Gasteiger partial charge in [-0.05, 0) is 39.3 Å². The van der Waals surface area contributed by atoms with Crippen molar-refractivity contribution in [3.8, 4) is 0 Å². The van der Waals surface area contributed by atoms with E-state index in [2.05, 4.69) is 4.90 Å². The Morgan fingerprint density at radius 2 is 1.86 bits per heavy atom. The van der Waals surface area contributed by atoms with E-state index in [4.69, 9.17) is 27.9 Å². The number of halogens is 2. The van der Waals surface area contributed by atoms with E-state index in [-0.39, 0.29) is 6.09 Å². The number of amides is 1. The highest BCUT2D eigenvalue weighted by Crippen LogP contribution is 2.32. The molecule has 0 bridgehead atoms. The smallest absolute Gasteiger partial charge is 0.410 e. The van der Waals surface area contributed by atoms with Gasteiger partial charge < -0.3 is 14.5 Å². The lowest BCUT2D eigenvalue weighted by atomic mass is 10.2. The van der Waals surface area contributed by atoms with Crippen LogP contribution in [0.3, 0.4) is 0 Å². The van der Waals surface area contributed by atoms with E-state index in [1.807, 2.05) is 32.9 Å². The van der Waals surface area contributed by atoms with Gasteiger partial charge in [-0.15, -0.1) is 0 Å². The Labute approximate surface area is 141 Å². The van der Waals surface area contributed by atoms with Crippen molar-refractivity contribution in [2.24, 2.45) is 0 Å². The van der Waals surface area contributed by atoms with Gasteiger partial charge in [-0.3, -0.25) is 0 Å². The number of anilines is 1. The predicted molar refractivity (Wildman–Crippen MR) is 91.1 cm³/mol. The summed E-state index contributed by atoms with van der Waals surface area (Å²) >= 11 is 12.4. The molecule has 0 unspecified atom stereocenters. The molecule has 1 aliphatic heterocycles. The summed E-state index contributed by atoms with van der Waals surface area (Å²) in [6.07, 6.45) is 0.605. The van der Waals surface area contributed by atoms with E-state index >= 15 is 0 Å². The highest BCUT2D eigenvalue weighted by molar-refractivity contribution is 6.43. The largest absolute Gasteiger partial charge is 0.444 e. The van der Waals surface area contributed by atoms with Crippen LogP contribution in [-0.2, 0) is 4.74 Å². The number of benzene rings is 1. The molecule has 0 saturated carbocycles. The van der Waals surface area contributed by atoms with Gasteiger partial charge in [0, 0.05) is 26.2 Å². The van der Waals surface area contributed by atoms with Crippen LogP contribution in [-0.4, -0.2) is 42.8 Å². The van der Waals surface area contributed by atoms with Crippen molar-refractivity contribution >= 4 is 35.0 Å². The number of rotatable bonds is 1. The molecular weight excluding hydrogens is 323 g/mol. The zero-order valence-electron chi connectivity index (χ0n) is 13.2. The number of ether oxygens (including phenoxy) is 1. The summed E-state index contributed by atoms with van der Waals surface area (Å²) < 4.78 is 5.44. The van der Waals surface area contributed by atoms with Crippen molar-refractivity contribution in [2.75, 3.05) is 31.1 Å². The quantitative estimate of drug-likeness (QED) is 0.754. The summed E-state index contributed by atoms with van der Waals surface area (Å²) in [6, 6.07) is 5.62. The first-order chi connectivity index (χ1) is 10.3. The molecule has 1 aliphatic rings. The summed E-state index contributed by atoms with van der Waals surface area (Å²) in [4.78, 5) is 16.1. The fourth-order valence-electron chi connectivity index (χ4n) is 2.40. The van der Waals surface area contributed by atoms with E-state index in [1.54, 1.807) is 11.0 Å². The third kappa shape index (κ3) is 4.43. The summed E-state index contributed by atoms with van der Waals surface area (Å²) in [7, 11) is 0. The SMILES string of the molecule is CC(C)(C)OC(=O)N1CCCN(c2cccc(Cl)c2Cl)CC1. The maximum absolute atomic E-state index is 12.2. The summed E-state index contributed by atoms with van der Waals surface area (Å²) in [5.41, 5.74) is 0.444. The zero-order valence-corrected chi connectivity index (χ0v) is 14.7. The van der Waals surface area contributed by atoms with Crippen molar-refractivity contribution in [3.05, 3.63) is 28.2 Å². The van der Waals surface area contributed by atoms with Gasteiger partial charge in [0.15, 0.2) is 0 Å². The van der Waals surface area contributed by atoms with Crippen molar-refractivity contribution in [2.45, 2.75) is 32.8 Å². The van der Waals surface area contributed by atoms with Crippen LogP contribution in [0.4, 0.5) is 10.5 Å². The van der Waals surface area contributed by atoms with Crippen LogP contribution in [0.5, 0.6) is 0 Å². The van der Waals surface area contributed by atoms with Gasteiger partial charge in [-0.2, -0.15) is 0 Å². The van der Waals surface area contributed by atoms with Gasteiger partial charge in [-0.1, -0.05) is 29.3 Å². The monoisotopic (exact) mass is 344 g/mol. The topological polar surface area (TPSA) is 32.8 Å². The van der Waals surface area contributed by atoms with E-state index in [0.717, 1.165) is 18.7 Å². The number of nitrogens with zero attached hydrogens (tertiary/aromatic N) is 2. The molecule has 0 aliphatic carbocycles. The molecule has 1 aromatic rings. The number of carbonyl (C=O) groups is 1. The second-order valence-electron chi connectivity index (χ2n) is 6.38. The van der Waals surface area contributed by atoms with Gasteiger partial charge in [0.25, 0.3) is 0 Å². The average Bonchev–Trinajstić information content (AvgIpc) is 2.66. The molecule has 0 spiro atoms. The Morgan fingerprint density at radius 3 is 2.55 bits per heavy atom. The first-order valence-electron chi connectivity index (χ1n) is 7.45. The molecule has 1 fully saturated rings. The third-order valence-electron chi connectivity index (χ3n) is 3.42. The number of carbonyl (C=O) groups excluding carboxylic acids is 1. The standard InChI is InChI=1S/C16H22Cl2N2O2/c1-16(2,3)22-15(21)20-9-5-8-19(10-11-20)13-7-4-6-12(17)14(13)18/h4,6-7H,5,8-11H2,1-3H3. The Bertz CT molecular complexity index is 543. The molecule has 0 atom stereocenters. The number of hydrogen-bond donors (Lipinski definition) is 0. The minimum atomic E-state index is -0.473. The lowest BCUT2D eigenvalue weighted by Crippen LogP contribution is -2.39. The van der Waals surface area contributed by atoms with Crippen molar-refractivity contribution < 1.29 is 9.53 Å². The van der Waals surface area contributed by atoms with Crippen LogP contribution >= 0.6 is 23.2 Å². The van der Waals surface area contributed by atoms with Gasteiger partial charge in [-0.25, -0.2) is 4.79 Å². The lowest BCUT2D eigenvalue weighted by Gasteiger charge is -2.27. The molecule has 0 N–H and O–H groups in total. The van der Waals surface area contributed by atoms with Crippen LogP contribution in [0, 0.1) is 0 Å².